The lowest BCUT2D eigenvalue weighted by molar-refractivity contribution is 0.157. The molecule has 1 aliphatic rings. The Morgan fingerprint density at radius 3 is 2.00 bits per heavy atom. The summed E-state index contributed by atoms with van der Waals surface area (Å²) >= 11 is 0. The number of urea groups is 1. The smallest absolute Gasteiger partial charge is 0.317 e. The molecule has 2 amide bonds. The van der Waals surface area contributed by atoms with Crippen molar-refractivity contribution in [2.24, 2.45) is 0 Å². The van der Waals surface area contributed by atoms with E-state index in [9.17, 15) is 9.18 Å². The molecule has 0 atom stereocenters. The van der Waals surface area contributed by atoms with E-state index in [4.69, 9.17) is 0 Å². The third kappa shape index (κ3) is 5.98. The molecule has 0 radical (unpaired) electrons. The van der Waals surface area contributed by atoms with E-state index in [1.54, 1.807) is 12.1 Å². The molecule has 3 aromatic carbocycles. The van der Waals surface area contributed by atoms with Crippen LogP contribution < -0.4 is 5.32 Å². The van der Waals surface area contributed by atoms with Gasteiger partial charge >= 0.3 is 6.03 Å². The predicted octanol–water partition coefficient (Wildman–Crippen LogP) is 8.83. The maximum atomic E-state index is 14.7. The molecule has 0 heterocycles. The van der Waals surface area contributed by atoms with Gasteiger partial charge in [-0.1, -0.05) is 94.4 Å². The minimum absolute atomic E-state index is 0.0679. The average Bonchev–Trinajstić information content (AvgIpc) is 2.88. The molecule has 1 saturated carbocycles. The van der Waals surface area contributed by atoms with Crippen molar-refractivity contribution in [2.45, 2.75) is 83.7 Å². The van der Waals surface area contributed by atoms with E-state index in [1.165, 1.54) is 11.6 Å². The van der Waals surface area contributed by atoms with E-state index in [0.29, 0.717) is 11.5 Å². The van der Waals surface area contributed by atoms with Gasteiger partial charge in [-0.2, -0.15) is 0 Å². The summed E-state index contributed by atoms with van der Waals surface area (Å²) in [6.45, 7) is 8.86. The van der Waals surface area contributed by atoms with Crippen LogP contribution in [0.1, 0.15) is 93.4 Å². The summed E-state index contributed by atoms with van der Waals surface area (Å²) in [6, 6.07) is 23.6. The molecule has 4 rings (SSSR count). The number of carbonyl (C=O) groups excluding carboxylic acids is 1. The molecule has 0 spiro atoms. The van der Waals surface area contributed by atoms with E-state index in [-0.39, 0.29) is 36.3 Å². The summed E-state index contributed by atoms with van der Waals surface area (Å²) in [5.41, 5.74) is 5.10. The molecule has 1 aliphatic carbocycles. The summed E-state index contributed by atoms with van der Waals surface area (Å²) in [5, 5.41) is 3.29. The quantitative estimate of drug-likeness (QED) is 0.355. The highest BCUT2D eigenvalue weighted by Gasteiger charge is 2.31. The first-order chi connectivity index (χ1) is 17.3. The number of amides is 2. The number of para-hydroxylation sites is 1. The van der Waals surface area contributed by atoms with E-state index >= 15 is 0 Å². The molecule has 0 unspecified atom stereocenters. The lowest BCUT2D eigenvalue weighted by Crippen LogP contribution is -2.44. The molecule has 1 fully saturated rings. The Morgan fingerprint density at radius 2 is 1.42 bits per heavy atom. The van der Waals surface area contributed by atoms with Gasteiger partial charge in [-0.3, -0.25) is 0 Å². The van der Waals surface area contributed by atoms with Crippen LogP contribution in [0.5, 0.6) is 0 Å². The summed E-state index contributed by atoms with van der Waals surface area (Å²) in [7, 11) is 0. The Kier molecular flexibility index (Phi) is 8.45. The van der Waals surface area contributed by atoms with Crippen molar-refractivity contribution in [3.05, 3.63) is 101 Å². The predicted molar refractivity (Wildman–Crippen MR) is 147 cm³/mol. The van der Waals surface area contributed by atoms with Crippen molar-refractivity contribution in [2.75, 3.05) is 5.32 Å². The van der Waals surface area contributed by atoms with E-state index in [2.05, 4.69) is 81.5 Å². The summed E-state index contributed by atoms with van der Waals surface area (Å²) in [4.78, 5) is 15.8. The minimum Gasteiger partial charge on any atom is -0.317 e. The Bertz CT molecular complexity index is 1120. The van der Waals surface area contributed by atoms with Crippen LogP contribution in [0.4, 0.5) is 14.9 Å². The van der Waals surface area contributed by atoms with Crippen LogP contribution in [0, 0.1) is 5.82 Å². The van der Waals surface area contributed by atoms with Gasteiger partial charge in [0.05, 0.1) is 6.54 Å². The lowest BCUT2D eigenvalue weighted by atomic mass is 9.81. The van der Waals surface area contributed by atoms with Crippen molar-refractivity contribution < 1.29 is 9.18 Å². The third-order valence-electron chi connectivity index (χ3n) is 7.57. The van der Waals surface area contributed by atoms with Crippen molar-refractivity contribution in [1.82, 2.24) is 4.90 Å². The molecule has 3 nitrogen and oxygen atoms in total. The standard InChI is InChI=1S/C32H39FN2O/c1-22(2)28-14-10-15-29(23(3)4)31(28)34-32(36)35(21-26-13-8-9-16-30(26)33)27-19-17-25(18-20-27)24-11-6-5-7-12-24/h5-16,22-23,25,27H,17-21H2,1-4H3,(H,34,36). The normalized spacial score (nSPS) is 17.9. The Balaban J connectivity index is 1.60. The van der Waals surface area contributed by atoms with Crippen LogP contribution in [0.15, 0.2) is 72.8 Å². The number of benzene rings is 3. The van der Waals surface area contributed by atoms with Gasteiger partial charge < -0.3 is 10.2 Å². The van der Waals surface area contributed by atoms with Crippen LogP contribution in [0.2, 0.25) is 0 Å². The van der Waals surface area contributed by atoms with Crippen LogP contribution in [0.25, 0.3) is 0 Å². The van der Waals surface area contributed by atoms with E-state index in [1.807, 2.05) is 11.0 Å². The second kappa shape index (κ2) is 11.7. The summed E-state index contributed by atoms with van der Waals surface area (Å²) in [6.07, 6.45) is 3.86. The van der Waals surface area contributed by atoms with Crippen LogP contribution >= 0.6 is 0 Å². The largest absolute Gasteiger partial charge is 0.322 e. The van der Waals surface area contributed by atoms with Gasteiger partial charge in [0.2, 0.25) is 0 Å². The molecule has 0 saturated heterocycles. The molecular formula is C32H39FN2O. The third-order valence-corrected chi connectivity index (χ3v) is 7.57. The molecule has 0 aromatic heterocycles. The Labute approximate surface area is 215 Å². The van der Waals surface area contributed by atoms with Gasteiger partial charge in [0.1, 0.15) is 5.82 Å². The summed E-state index contributed by atoms with van der Waals surface area (Å²) < 4.78 is 14.7. The molecule has 4 heteroatoms. The molecule has 0 bridgehead atoms. The fraction of sp³-hybridized carbons (Fsp3) is 0.406. The van der Waals surface area contributed by atoms with Crippen LogP contribution in [-0.4, -0.2) is 17.0 Å². The van der Waals surface area contributed by atoms with Crippen LogP contribution in [-0.2, 0) is 6.54 Å². The number of nitrogens with one attached hydrogen (secondary N) is 1. The first kappa shape index (κ1) is 25.9. The zero-order valence-electron chi connectivity index (χ0n) is 22.0. The lowest BCUT2D eigenvalue weighted by Gasteiger charge is -2.37. The molecule has 0 aliphatic heterocycles. The van der Waals surface area contributed by atoms with Crippen molar-refractivity contribution in [3.63, 3.8) is 0 Å². The SMILES string of the molecule is CC(C)c1cccc(C(C)C)c1NC(=O)N(Cc1ccccc1F)C1CCC(c2ccccc2)CC1. The topological polar surface area (TPSA) is 32.3 Å². The fourth-order valence-electron chi connectivity index (χ4n) is 5.50. The van der Waals surface area contributed by atoms with Gasteiger partial charge in [0.25, 0.3) is 0 Å². The number of halogens is 1. The number of anilines is 1. The number of rotatable bonds is 7. The second-order valence-electron chi connectivity index (χ2n) is 10.7. The Hall–Kier alpha value is -3.14. The maximum Gasteiger partial charge on any atom is 0.322 e. The second-order valence-corrected chi connectivity index (χ2v) is 10.7. The number of carbonyl (C=O) groups is 1. The van der Waals surface area contributed by atoms with Crippen molar-refractivity contribution in [3.8, 4) is 0 Å². The van der Waals surface area contributed by atoms with Gasteiger partial charge in [-0.15, -0.1) is 0 Å². The van der Waals surface area contributed by atoms with E-state index < -0.39 is 0 Å². The Morgan fingerprint density at radius 1 is 0.833 bits per heavy atom. The van der Waals surface area contributed by atoms with E-state index in [0.717, 1.165) is 42.5 Å². The highest BCUT2D eigenvalue weighted by Crippen LogP contribution is 2.37. The van der Waals surface area contributed by atoms with Crippen LogP contribution in [0.3, 0.4) is 0 Å². The van der Waals surface area contributed by atoms with Gasteiger partial charge in [0.15, 0.2) is 0 Å². The molecular weight excluding hydrogens is 447 g/mol. The highest BCUT2D eigenvalue weighted by atomic mass is 19.1. The van der Waals surface area contributed by atoms with Gasteiger partial charge in [-0.25, -0.2) is 9.18 Å². The molecule has 36 heavy (non-hydrogen) atoms. The van der Waals surface area contributed by atoms with Gasteiger partial charge in [-0.05, 0) is 66.2 Å². The minimum atomic E-state index is -0.265. The maximum absolute atomic E-state index is 14.7. The molecule has 1 N–H and O–H groups in total. The number of hydrogen-bond acceptors (Lipinski definition) is 1. The zero-order valence-corrected chi connectivity index (χ0v) is 22.0. The molecule has 3 aromatic rings. The zero-order chi connectivity index (χ0) is 25.7. The fourth-order valence-corrected chi connectivity index (χ4v) is 5.50. The van der Waals surface area contributed by atoms with Crippen molar-refractivity contribution >= 4 is 11.7 Å². The number of hydrogen-bond donors (Lipinski definition) is 1. The average molecular weight is 487 g/mol. The first-order valence-corrected chi connectivity index (χ1v) is 13.3. The van der Waals surface area contributed by atoms with Crippen molar-refractivity contribution in [1.29, 1.82) is 0 Å². The summed E-state index contributed by atoms with van der Waals surface area (Å²) in [5.74, 6) is 0.800. The number of nitrogens with zero attached hydrogens (tertiary/aromatic N) is 1. The monoisotopic (exact) mass is 486 g/mol. The first-order valence-electron chi connectivity index (χ1n) is 13.3. The molecule has 190 valence electrons. The highest BCUT2D eigenvalue weighted by molar-refractivity contribution is 5.91. The van der Waals surface area contributed by atoms with Gasteiger partial charge in [0, 0.05) is 17.3 Å².